The van der Waals surface area contributed by atoms with Gasteiger partial charge in [-0.05, 0) is 31.4 Å². The SMILES string of the molecule is Cc1ccc(F)cc1OCCOCCNSC1CCCCC1. The molecule has 0 aromatic heterocycles. The van der Waals surface area contributed by atoms with Gasteiger partial charge in [0.25, 0.3) is 0 Å². The summed E-state index contributed by atoms with van der Waals surface area (Å²) in [6, 6.07) is 4.57. The summed E-state index contributed by atoms with van der Waals surface area (Å²) < 4.78 is 27.5. The Balaban J connectivity index is 1.46. The highest BCUT2D eigenvalue weighted by Crippen LogP contribution is 2.26. The van der Waals surface area contributed by atoms with Gasteiger partial charge in [-0.3, -0.25) is 4.72 Å². The molecule has 0 saturated heterocycles. The van der Waals surface area contributed by atoms with E-state index in [1.165, 1.54) is 44.2 Å². The van der Waals surface area contributed by atoms with Crippen molar-refractivity contribution in [1.82, 2.24) is 4.72 Å². The number of hydrogen-bond acceptors (Lipinski definition) is 4. The molecule has 1 aliphatic carbocycles. The maximum atomic E-state index is 13.1. The van der Waals surface area contributed by atoms with E-state index in [0.29, 0.717) is 25.6 Å². The molecule has 1 fully saturated rings. The number of halogens is 1. The number of ether oxygens (including phenoxy) is 2. The molecular weight excluding hydrogens is 301 g/mol. The van der Waals surface area contributed by atoms with E-state index >= 15 is 0 Å². The van der Waals surface area contributed by atoms with E-state index in [1.807, 2.05) is 18.9 Å². The highest BCUT2D eigenvalue weighted by Gasteiger charge is 2.13. The van der Waals surface area contributed by atoms with Crippen LogP contribution in [0.1, 0.15) is 37.7 Å². The third-order valence-electron chi connectivity index (χ3n) is 3.79. The molecule has 124 valence electrons. The van der Waals surface area contributed by atoms with Crippen LogP contribution in [0.2, 0.25) is 0 Å². The zero-order valence-electron chi connectivity index (χ0n) is 13.3. The van der Waals surface area contributed by atoms with Gasteiger partial charge in [-0.2, -0.15) is 0 Å². The Bertz CT molecular complexity index is 439. The number of aryl methyl sites for hydroxylation is 1. The van der Waals surface area contributed by atoms with Gasteiger partial charge in [0.05, 0.1) is 13.2 Å². The van der Waals surface area contributed by atoms with E-state index in [-0.39, 0.29) is 5.82 Å². The smallest absolute Gasteiger partial charge is 0.126 e. The molecule has 1 saturated carbocycles. The van der Waals surface area contributed by atoms with Crippen LogP contribution in [0.15, 0.2) is 18.2 Å². The summed E-state index contributed by atoms with van der Waals surface area (Å²) >= 11 is 1.86. The topological polar surface area (TPSA) is 30.5 Å². The lowest BCUT2D eigenvalue weighted by Crippen LogP contribution is -2.20. The lowest BCUT2D eigenvalue weighted by Gasteiger charge is -2.20. The molecule has 2 rings (SSSR count). The van der Waals surface area contributed by atoms with E-state index in [2.05, 4.69) is 4.72 Å². The molecule has 0 amide bonds. The van der Waals surface area contributed by atoms with Crippen molar-refractivity contribution in [2.75, 3.05) is 26.4 Å². The summed E-state index contributed by atoms with van der Waals surface area (Å²) in [4.78, 5) is 0. The minimum Gasteiger partial charge on any atom is -0.491 e. The van der Waals surface area contributed by atoms with Gasteiger partial charge in [0.2, 0.25) is 0 Å². The number of nitrogens with one attached hydrogen (secondary N) is 1. The highest BCUT2D eigenvalue weighted by molar-refractivity contribution is 7.98. The number of rotatable bonds is 9. The van der Waals surface area contributed by atoms with Crippen LogP contribution in [-0.2, 0) is 4.74 Å². The van der Waals surface area contributed by atoms with Crippen molar-refractivity contribution >= 4 is 11.9 Å². The Morgan fingerprint density at radius 1 is 1.18 bits per heavy atom. The van der Waals surface area contributed by atoms with Gasteiger partial charge in [-0.25, -0.2) is 4.39 Å². The molecule has 0 bridgehead atoms. The van der Waals surface area contributed by atoms with Crippen molar-refractivity contribution in [2.45, 2.75) is 44.3 Å². The van der Waals surface area contributed by atoms with Gasteiger partial charge in [0, 0.05) is 17.9 Å². The van der Waals surface area contributed by atoms with E-state index < -0.39 is 0 Å². The first-order valence-corrected chi connectivity index (χ1v) is 8.99. The Kier molecular flexibility index (Phi) is 8.05. The Morgan fingerprint density at radius 2 is 2.00 bits per heavy atom. The summed E-state index contributed by atoms with van der Waals surface area (Å²) in [5.41, 5.74) is 0.937. The summed E-state index contributed by atoms with van der Waals surface area (Å²) in [7, 11) is 0. The minimum atomic E-state index is -0.273. The molecule has 0 unspecified atom stereocenters. The monoisotopic (exact) mass is 327 g/mol. The lowest BCUT2D eigenvalue weighted by atomic mass is 10.0. The zero-order chi connectivity index (χ0) is 15.6. The molecule has 0 heterocycles. The quantitative estimate of drug-likeness (QED) is 0.546. The molecule has 0 radical (unpaired) electrons. The first-order chi connectivity index (χ1) is 10.8. The largest absolute Gasteiger partial charge is 0.491 e. The van der Waals surface area contributed by atoms with Crippen LogP contribution in [0.5, 0.6) is 5.75 Å². The van der Waals surface area contributed by atoms with E-state index in [4.69, 9.17) is 9.47 Å². The molecule has 1 N–H and O–H groups in total. The average molecular weight is 327 g/mol. The molecule has 0 aliphatic heterocycles. The zero-order valence-corrected chi connectivity index (χ0v) is 14.1. The van der Waals surface area contributed by atoms with Crippen molar-refractivity contribution in [3.63, 3.8) is 0 Å². The van der Waals surface area contributed by atoms with Crippen LogP contribution >= 0.6 is 11.9 Å². The fraction of sp³-hybridized carbons (Fsp3) is 0.647. The molecule has 5 heteroatoms. The molecule has 1 aromatic rings. The third-order valence-corrected chi connectivity index (χ3v) is 4.96. The summed E-state index contributed by atoms with van der Waals surface area (Å²) in [5, 5.41) is 0.771. The van der Waals surface area contributed by atoms with Crippen molar-refractivity contribution in [3.8, 4) is 5.75 Å². The predicted octanol–water partition coefficient (Wildman–Crippen LogP) is 4.10. The Morgan fingerprint density at radius 3 is 2.82 bits per heavy atom. The van der Waals surface area contributed by atoms with Gasteiger partial charge in [0.15, 0.2) is 0 Å². The van der Waals surface area contributed by atoms with Crippen molar-refractivity contribution in [1.29, 1.82) is 0 Å². The van der Waals surface area contributed by atoms with E-state index in [0.717, 1.165) is 17.4 Å². The first kappa shape index (κ1) is 17.6. The second kappa shape index (κ2) is 10.1. The molecule has 22 heavy (non-hydrogen) atoms. The maximum Gasteiger partial charge on any atom is 0.126 e. The van der Waals surface area contributed by atoms with Crippen LogP contribution in [0, 0.1) is 12.7 Å². The molecule has 0 spiro atoms. The van der Waals surface area contributed by atoms with Crippen LogP contribution in [0.25, 0.3) is 0 Å². The second-order valence-electron chi connectivity index (χ2n) is 5.64. The summed E-state index contributed by atoms with van der Waals surface area (Å²) in [6.07, 6.45) is 6.79. The minimum absolute atomic E-state index is 0.273. The van der Waals surface area contributed by atoms with Crippen LogP contribution in [0.4, 0.5) is 4.39 Å². The van der Waals surface area contributed by atoms with Crippen molar-refractivity contribution < 1.29 is 13.9 Å². The summed E-state index contributed by atoms with van der Waals surface area (Å²) in [6.45, 7) is 4.39. The molecule has 1 aromatic carbocycles. The second-order valence-corrected chi connectivity index (χ2v) is 6.83. The third kappa shape index (κ3) is 6.55. The summed E-state index contributed by atoms with van der Waals surface area (Å²) in [5.74, 6) is 0.319. The first-order valence-electron chi connectivity index (χ1n) is 8.11. The molecule has 1 aliphatic rings. The van der Waals surface area contributed by atoms with Gasteiger partial charge in [-0.15, -0.1) is 0 Å². The van der Waals surface area contributed by atoms with Gasteiger partial charge in [-0.1, -0.05) is 37.3 Å². The van der Waals surface area contributed by atoms with Crippen molar-refractivity contribution in [3.05, 3.63) is 29.6 Å². The molecule has 0 atom stereocenters. The van der Waals surface area contributed by atoms with Gasteiger partial charge >= 0.3 is 0 Å². The normalized spacial score (nSPS) is 15.9. The standard InChI is InChI=1S/C17H26FNO2S/c1-14-7-8-15(18)13-17(14)21-12-11-20-10-9-19-22-16-5-3-2-4-6-16/h7-8,13,16,19H,2-6,9-12H2,1H3. The van der Waals surface area contributed by atoms with E-state index in [9.17, 15) is 4.39 Å². The molecular formula is C17H26FNO2S. The Hall–Kier alpha value is -0.780. The van der Waals surface area contributed by atoms with Gasteiger partial charge < -0.3 is 9.47 Å². The van der Waals surface area contributed by atoms with Gasteiger partial charge in [0.1, 0.15) is 18.2 Å². The number of hydrogen-bond donors (Lipinski definition) is 1. The van der Waals surface area contributed by atoms with Crippen LogP contribution in [-0.4, -0.2) is 31.6 Å². The van der Waals surface area contributed by atoms with Crippen LogP contribution in [0.3, 0.4) is 0 Å². The maximum absolute atomic E-state index is 13.1. The number of benzene rings is 1. The average Bonchev–Trinajstić information content (AvgIpc) is 2.54. The van der Waals surface area contributed by atoms with E-state index in [1.54, 1.807) is 6.07 Å². The lowest BCUT2D eigenvalue weighted by molar-refractivity contribution is 0.104. The predicted molar refractivity (Wildman–Crippen MR) is 89.9 cm³/mol. The Labute approximate surface area is 137 Å². The fourth-order valence-electron chi connectivity index (χ4n) is 2.52. The fourth-order valence-corrected chi connectivity index (χ4v) is 3.52. The van der Waals surface area contributed by atoms with Crippen LogP contribution < -0.4 is 9.46 Å². The van der Waals surface area contributed by atoms with Crippen molar-refractivity contribution in [2.24, 2.45) is 0 Å². The molecule has 3 nitrogen and oxygen atoms in total. The highest BCUT2D eigenvalue weighted by atomic mass is 32.2.